The molecule has 1 aliphatic rings. The first kappa shape index (κ1) is 13.7. The molecule has 1 unspecified atom stereocenters. The van der Waals surface area contributed by atoms with Gasteiger partial charge in [-0.1, -0.05) is 18.2 Å². The number of rotatable bonds is 3. The second-order valence-electron chi connectivity index (χ2n) is 5.61. The van der Waals surface area contributed by atoms with Gasteiger partial charge < -0.3 is 15.0 Å². The van der Waals surface area contributed by atoms with Gasteiger partial charge in [-0.05, 0) is 24.8 Å². The van der Waals surface area contributed by atoms with Gasteiger partial charge in [-0.25, -0.2) is 0 Å². The van der Waals surface area contributed by atoms with E-state index in [1.165, 1.54) is 0 Å². The van der Waals surface area contributed by atoms with Crippen LogP contribution in [0.1, 0.15) is 29.6 Å². The topological polar surface area (TPSA) is 73.4 Å². The summed E-state index contributed by atoms with van der Waals surface area (Å²) in [5, 5.41) is 9.83. The van der Waals surface area contributed by atoms with Crippen molar-refractivity contribution in [1.29, 1.82) is 0 Å². The number of hydrogen-bond donors (Lipinski definition) is 2. The summed E-state index contributed by atoms with van der Waals surface area (Å²) in [4.78, 5) is 28.4. The van der Waals surface area contributed by atoms with Gasteiger partial charge in [-0.15, -0.1) is 0 Å². The molecule has 1 saturated heterocycles. The first-order valence-electron chi connectivity index (χ1n) is 7.22. The van der Waals surface area contributed by atoms with Crippen LogP contribution in [0.5, 0.6) is 0 Å². The molecule has 1 fully saturated rings. The minimum Gasteiger partial charge on any atom is -0.481 e. The molecule has 21 heavy (non-hydrogen) atoms. The number of piperidine rings is 1. The van der Waals surface area contributed by atoms with Gasteiger partial charge in [0.2, 0.25) is 0 Å². The number of carbonyl (C=O) groups excluding carboxylic acids is 1. The highest BCUT2D eigenvalue weighted by atomic mass is 16.4. The monoisotopic (exact) mass is 286 g/mol. The van der Waals surface area contributed by atoms with Gasteiger partial charge in [-0.2, -0.15) is 0 Å². The average molecular weight is 286 g/mol. The van der Waals surface area contributed by atoms with Gasteiger partial charge in [-0.3, -0.25) is 9.59 Å². The number of benzene rings is 1. The van der Waals surface area contributed by atoms with E-state index < -0.39 is 5.97 Å². The first-order chi connectivity index (χ1) is 10.1. The molecule has 3 rings (SSSR count). The summed E-state index contributed by atoms with van der Waals surface area (Å²) in [6.45, 7) is 1.24. The second kappa shape index (κ2) is 5.60. The molecule has 0 bridgehead atoms. The maximum Gasteiger partial charge on any atom is 0.303 e. The van der Waals surface area contributed by atoms with Crippen LogP contribution >= 0.6 is 0 Å². The molecule has 2 N–H and O–H groups in total. The van der Waals surface area contributed by atoms with Gasteiger partial charge in [0.05, 0.1) is 5.56 Å². The quantitative estimate of drug-likeness (QED) is 0.910. The maximum absolute atomic E-state index is 12.7. The van der Waals surface area contributed by atoms with Crippen molar-refractivity contribution in [2.75, 3.05) is 13.1 Å². The van der Waals surface area contributed by atoms with Crippen molar-refractivity contribution in [2.45, 2.75) is 19.3 Å². The Hall–Kier alpha value is -2.30. The lowest BCUT2D eigenvalue weighted by atomic mass is 9.94. The van der Waals surface area contributed by atoms with E-state index in [1.807, 2.05) is 24.3 Å². The molecular weight excluding hydrogens is 268 g/mol. The number of aromatic amines is 1. The largest absolute Gasteiger partial charge is 0.481 e. The molecule has 1 atom stereocenters. The lowest BCUT2D eigenvalue weighted by molar-refractivity contribution is -0.138. The Kier molecular flexibility index (Phi) is 3.64. The fraction of sp³-hybridized carbons (Fsp3) is 0.375. The highest BCUT2D eigenvalue weighted by Gasteiger charge is 2.27. The number of hydrogen-bond acceptors (Lipinski definition) is 2. The molecule has 2 aromatic rings. The zero-order valence-electron chi connectivity index (χ0n) is 11.7. The fourth-order valence-electron chi connectivity index (χ4n) is 3.08. The summed E-state index contributed by atoms with van der Waals surface area (Å²) in [6.07, 6.45) is 3.63. The predicted molar refractivity (Wildman–Crippen MR) is 79.2 cm³/mol. The zero-order chi connectivity index (χ0) is 14.8. The lowest BCUT2D eigenvalue weighted by Crippen LogP contribution is -2.40. The van der Waals surface area contributed by atoms with Gasteiger partial charge in [0.25, 0.3) is 5.91 Å². The normalized spacial score (nSPS) is 18.9. The van der Waals surface area contributed by atoms with E-state index in [1.54, 1.807) is 11.1 Å². The number of amides is 1. The molecule has 0 radical (unpaired) electrons. The molecule has 1 aromatic heterocycles. The number of carbonyl (C=O) groups is 2. The van der Waals surface area contributed by atoms with E-state index in [4.69, 9.17) is 5.11 Å². The van der Waals surface area contributed by atoms with Crippen molar-refractivity contribution in [3.63, 3.8) is 0 Å². The number of aliphatic carboxylic acids is 1. The average Bonchev–Trinajstić information content (AvgIpc) is 2.90. The van der Waals surface area contributed by atoms with Crippen molar-refractivity contribution in [3.8, 4) is 0 Å². The van der Waals surface area contributed by atoms with Crippen molar-refractivity contribution in [2.24, 2.45) is 5.92 Å². The smallest absolute Gasteiger partial charge is 0.303 e. The third kappa shape index (κ3) is 2.77. The molecular formula is C16H18N2O3. The van der Waals surface area contributed by atoms with Crippen LogP contribution in [0.2, 0.25) is 0 Å². The molecule has 0 saturated carbocycles. The van der Waals surface area contributed by atoms with Crippen LogP contribution in [0.4, 0.5) is 0 Å². The standard InChI is InChI=1S/C16H18N2O3/c19-15(20)8-11-4-3-7-18(10-11)16(21)13-9-17-14-6-2-1-5-12(13)14/h1-2,5-6,9,11,17H,3-4,7-8,10H2,(H,19,20). The Bertz CT molecular complexity index is 677. The van der Waals surface area contributed by atoms with Crippen LogP contribution in [0.25, 0.3) is 10.9 Å². The minimum absolute atomic E-state index is 0.0115. The van der Waals surface area contributed by atoms with Crippen LogP contribution < -0.4 is 0 Å². The van der Waals surface area contributed by atoms with E-state index in [9.17, 15) is 9.59 Å². The third-order valence-electron chi connectivity index (χ3n) is 4.09. The van der Waals surface area contributed by atoms with Crippen LogP contribution in [0.3, 0.4) is 0 Å². The summed E-state index contributed by atoms with van der Waals surface area (Å²) in [5.41, 5.74) is 1.61. The van der Waals surface area contributed by atoms with E-state index >= 15 is 0 Å². The molecule has 0 spiro atoms. The molecule has 5 heteroatoms. The highest BCUT2D eigenvalue weighted by molar-refractivity contribution is 6.06. The van der Waals surface area contributed by atoms with Crippen molar-refractivity contribution in [1.82, 2.24) is 9.88 Å². The first-order valence-corrected chi connectivity index (χ1v) is 7.22. The summed E-state index contributed by atoms with van der Waals surface area (Å²) >= 11 is 0. The Morgan fingerprint density at radius 2 is 2.14 bits per heavy atom. The van der Waals surface area contributed by atoms with Gasteiger partial charge >= 0.3 is 5.97 Å². The number of carboxylic acids is 1. The van der Waals surface area contributed by atoms with E-state index in [0.717, 1.165) is 23.7 Å². The van der Waals surface area contributed by atoms with Crippen LogP contribution in [-0.2, 0) is 4.79 Å². The summed E-state index contributed by atoms with van der Waals surface area (Å²) in [5.74, 6) is -0.741. The number of nitrogens with zero attached hydrogens (tertiary/aromatic N) is 1. The predicted octanol–water partition coefficient (Wildman–Crippen LogP) is 2.49. The Morgan fingerprint density at radius 3 is 2.95 bits per heavy atom. The van der Waals surface area contributed by atoms with Crippen LogP contribution in [0, 0.1) is 5.92 Å². The Balaban J connectivity index is 1.80. The number of likely N-dealkylation sites (tertiary alicyclic amines) is 1. The Labute approximate surface area is 122 Å². The van der Waals surface area contributed by atoms with E-state index in [-0.39, 0.29) is 18.2 Å². The van der Waals surface area contributed by atoms with Gasteiger partial charge in [0.15, 0.2) is 0 Å². The second-order valence-corrected chi connectivity index (χ2v) is 5.61. The molecule has 1 amide bonds. The van der Waals surface area contributed by atoms with E-state index in [2.05, 4.69) is 4.98 Å². The summed E-state index contributed by atoms with van der Waals surface area (Å²) < 4.78 is 0. The molecule has 110 valence electrons. The van der Waals surface area contributed by atoms with Crippen molar-refractivity contribution < 1.29 is 14.7 Å². The number of fused-ring (bicyclic) bond motifs is 1. The minimum atomic E-state index is -0.790. The SMILES string of the molecule is O=C(O)CC1CCCN(C(=O)c2c[nH]c3ccccc23)C1. The number of H-pyrrole nitrogens is 1. The molecule has 5 nitrogen and oxygen atoms in total. The lowest BCUT2D eigenvalue weighted by Gasteiger charge is -2.32. The van der Waals surface area contributed by atoms with Crippen molar-refractivity contribution in [3.05, 3.63) is 36.0 Å². The summed E-state index contributed by atoms with van der Waals surface area (Å²) in [7, 11) is 0. The molecule has 2 heterocycles. The molecule has 0 aliphatic carbocycles. The maximum atomic E-state index is 12.7. The van der Waals surface area contributed by atoms with Crippen LogP contribution in [-0.4, -0.2) is 40.0 Å². The number of nitrogens with one attached hydrogen (secondary N) is 1. The van der Waals surface area contributed by atoms with Crippen LogP contribution in [0.15, 0.2) is 30.5 Å². The molecule has 1 aliphatic heterocycles. The third-order valence-corrected chi connectivity index (χ3v) is 4.09. The number of para-hydroxylation sites is 1. The van der Waals surface area contributed by atoms with Crippen molar-refractivity contribution >= 4 is 22.8 Å². The van der Waals surface area contributed by atoms with E-state index in [0.29, 0.717) is 18.7 Å². The fourth-order valence-corrected chi connectivity index (χ4v) is 3.08. The summed E-state index contributed by atoms with van der Waals surface area (Å²) in [6, 6.07) is 7.71. The highest BCUT2D eigenvalue weighted by Crippen LogP contribution is 2.24. The zero-order valence-corrected chi connectivity index (χ0v) is 11.7. The number of aromatic nitrogens is 1. The Morgan fingerprint density at radius 1 is 1.33 bits per heavy atom. The van der Waals surface area contributed by atoms with Gasteiger partial charge in [0, 0.05) is 36.6 Å². The molecule has 1 aromatic carbocycles. The number of carboxylic acid groups (broad SMARTS) is 1. The van der Waals surface area contributed by atoms with Gasteiger partial charge in [0.1, 0.15) is 0 Å².